The number of hydrogen-bond donors (Lipinski definition) is 0. The van der Waals surface area contributed by atoms with Gasteiger partial charge < -0.3 is 9.47 Å². The smallest absolute Gasteiger partial charge is 0.308 e. The molecule has 0 radical (unpaired) electrons. The van der Waals surface area contributed by atoms with Crippen LogP contribution >= 0.6 is 0 Å². The highest BCUT2D eigenvalue weighted by atomic mass is 16.7. The van der Waals surface area contributed by atoms with Gasteiger partial charge in [-0.15, -0.1) is 0 Å². The molecule has 1 unspecified atom stereocenters. The van der Waals surface area contributed by atoms with Gasteiger partial charge in [-0.05, 0) is 24.0 Å². The van der Waals surface area contributed by atoms with Gasteiger partial charge in [-0.1, -0.05) is 24.3 Å². The molecule has 16 heavy (non-hydrogen) atoms. The average molecular weight is 218 g/mol. The summed E-state index contributed by atoms with van der Waals surface area (Å²) < 4.78 is 10.8. The maximum Gasteiger partial charge on any atom is 0.308 e. The predicted octanol–water partition coefficient (Wildman–Crippen LogP) is 1.83. The summed E-state index contributed by atoms with van der Waals surface area (Å²) in [6.07, 6.45) is 2.92. The molecule has 3 rings (SSSR count). The van der Waals surface area contributed by atoms with E-state index in [1.54, 1.807) is 0 Å². The average Bonchev–Trinajstić information content (AvgIpc) is 2.84. The number of benzene rings is 1. The Hall–Kier alpha value is -1.35. The topological polar surface area (TPSA) is 35.5 Å². The SMILES string of the molecule is O=C1CCC(OC2Cc3ccccc3C2)O1. The molecule has 1 fully saturated rings. The molecule has 0 bridgehead atoms. The molecule has 1 aromatic rings. The number of carbonyl (C=O) groups is 1. The van der Waals surface area contributed by atoms with Gasteiger partial charge in [0.2, 0.25) is 6.29 Å². The van der Waals surface area contributed by atoms with Crippen LogP contribution in [0.25, 0.3) is 0 Å². The molecule has 1 aliphatic carbocycles. The van der Waals surface area contributed by atoms with E-state index in [0.29, 0.717) is 12.8 Å². The zero-order valence-corrected chi connectivity index (χ0v) is 9.02. The molecule has 2 aliphatic rings. The number of cyclic esters (lactones) is 1. The number of fused-ring (bicyclic) bond motifs is 1. The van der Waals surface area contributed by atoms with Gasteiger partial charge in [0.15, 0.2) is 0 Å². The van der Waals surface area contributed by atoms with E-state index >= 15 is 0 Å². The zero-order valence-electron chi connectivity index (χ0n) is 9.02. The van der Waals surface area contributed by atoms with E-state index in [1.807, 2.05) is 0 Å². The fourth-order valence-corrected chi connectivity index (χ4v) is 2.43. The van der Waals surface area contributed by atoms with E-state index in [4.69, 9.17) is 9.47 Å². The molecule has 1 saturated heterocycles. The lowest BCUT2D eigenvalue weighted by Gasteiger charge is -2.16. The number of hydrogen-bond acceptors (Lipinski definition) is 3. The molecule has 3 heteroatoms. The van der Waals surface area contributed by atoms with Crippen LogP contribution in [0.5, 0.6) is 0 Å². The van der Waals surface area contributed by atoms with Gasteiger partial charge in [0.05, 0.1) is 12.5 Å². The van der Waals surface area contributed by atoms with Crippen molar-refractivity contribution in [2.75, 3.05) is 0 Å². The summed E-state index contributed by atoms with van der Waals surface area (Å²) in [5, 5.41) is 0. The van der Waals surface area contributed by atoms with Crippen LogP contribution in [0.15, 0.2) is 24.3 Å². The molecule has 1 aromatic carbocycles. The second-order valence-electron chi connectivity index (χ2n) is 4.39. The molecule has 3 nitrogen and oxygen atoms in total. The minimum atomic E-state index is -0.313. The van der Waals surface area contributed by atoms with Crippen molar-refractivity contribution < 1.29 is 14.3 Å². The second-order valence-corrected chi connectivity index (χ2v) is 4.39. The van der Waals surface area contributed by atoms with E-state index in [9.17, 15) is 4.79 Å². The van der Waals surface area contributed by atoms with Crippen molar-refractivity contribution in [3.05, 3.63) is 35.4 Å². The number of carbonyl (C=O) groups excluding carboxylic acids is 1. The van der Waals surface area contributed by atoms with Crippen LogP contribution < -0.4 is 0 Å². The monoisotopic (exact) mass is 218 g/mol. The summed E-state index contributed by atoms with van der Waals surface area (Å²) in [5.41, 5.74) is 2.72. The van der Waals surface area contributed by atoms with Crippen LogP contribution in [0.1, 0.15) is 24.0 Å². The maximum atomic E-state index is 10.9. The first-order chi connectivity index (χ1) is 7.81. The minimum absolute atomic E-state index is 0.138. The van der Waals surface area contributed by atoms with Gasteiger partial charge in [0.1, 0.15) is 0 Å². The van der Waals surface area contributed by atoms with E-state index in [1.165, 1.54) is 11.1 Å². The largest absolute Gasteiger partial charge is 0.436 e. The molecular formula is C13H14O3. The zero-order chi connectivity index (χ0) is 11.0. The third-order valence-corrected chi connectivity index (χ3v) is 3.20. The van der Waals surface area contributed by atoms with Gasteiger partial charge >= 0.3 is 5.97 Å². The number of ether oxygens (including phenoxy) is 2. The summed E-state index contributed by atoms with van der Waals surface area (Å²) in [7, 11) is 0. The maximum absolute atomic E-state index is 10.9. The van der Waals surface area contributed by atoms with Crippen molar-refractivity contribution in [2.45, 2.75) is 38.1 Å². The van der Waals surface area contributed by atoms with E-state index in [2.05, 4.69) is 24.3 Å². The first-order valence-corrected chi connectivity index (χ1v) is 5.73. The van der Waals surface area contributed by atoms with Crippen LogP contribution in [0.2, 0.25) is 0 Å². The summed E-state index contributed by atoms with van der Waals surface area (Å²) in [5.74, 6) is -0.138. The summed E-state index contributed by atoms with van der Waals surface area (Å²) in [6, 6.07) is 8.38. The molecule has 0 saturated carbocycles. The van der Waals surface area contributed by atoms with E-state index < -0.39 is 0 Å². The Balaban J connectivity index is 1.62. The molecule has 0 spiro atoms. The van der Waals surface area contributed by atoms with Crippen LogP contribution in [-0.2, 0) is 27.1 Å². The molecule has 0 amide bonds. The van der Waals surface area contributed by atoms with Crippen molar-refractivity contribution in [3.63, 3.8) is 0 Å². The Kier molecular flexibility index (Phi) is 2.40. The Labute approximate surface area is 94.4 Å². The molecular weight excluding hydrogens is 204 g/mol. The highest BCUT2D eigenvalue weighted by Crippen LogP contribution is 2.26. The lowest BCUT2D eigenvalue weighted by molar-refractivity contribution is -0.171. The number of rotatable bonds is 2. The van der Waals surface area contributed by atoms with Crippen LogP contribution in [0.3, 0.4) is 0 Å². The van der Waals surface area contributed by atoms with E-state index in [-0.39, 0.29) is 18.4 Å². The molecule has 0 aromatic heterocycles. The van der Waals surface area contributed by atoms with Gasteiger partial charge in [-0.2, -0.15) is 0 Å². The van der Waals surface area contributed by atoms with Crippen LogP contribution in [0, 0.1) is 0 Å². The normalized spacial score (nSPS) is 24.5. The lowest BCUT2D eigenvalue weighted by atomic mass is 10.1. The fraction of sp³-hybridized carbons (Fsp3) is 0.462. The second kappa shape index (κ2) is 3.91. The van der Waals surface area contributed by atoms with Crippen molar-refractivity contribution in [2.24, 2.45) is 0 Å². The standard InChI is InChI=1S/C13H14O3/c14-12-5-6-13(16-12)15-11-7-9-3-1-2-4-10(9)8-11/h1-4,11,13H,5-8H2. The van der Waals surface area contributed by atoms with Gasteiger partial charge in [-0.3, -0.25) is 4.79 Å². The third kappa shape index (κ3) is 1.83. The molecule has 1 heterocycles. The first kappa shape index (κ1) is 9.85. The van der Waals surface area contributed by atoms with Crippen LogP contribution in [0.4, 0.5) is 0 Å². The van der Waals surface area contributed by atoms with Crippen molar-refractivity contribution in [1.82, 2.24) is 0 Å². The third-order valence-electron chi connectivity index (χ3n) is 3.20. The van der Waals surface area contributed by atoms with Crippen LogP contribution in [-0.4, -0.2) is 18.4 Å². The summed E-state index contributed by atoms with van der Waals surface area (Å²) in [4.78, 5) is 10.9. The Morgan fingerprint density at radius 2 is 1.88 bits per heavy atom. The fourth-order valence-electron chi connectivity index (χ4n) is 2.43. The Morgan fingerprint density at radius 1 is 1.19 bits per heavy atom. The van der Waals surface area contributed by atoms with Gasteiger partial charge in [0, 0.05) is 6.42 Å². The molecule has 84 valence electrons. The molecule has 1 atom stereocenters. The van der Waals surface area contributed by atoms with Crippen molar-refractivity contribution in [1.29, 1.82) is 0 Å². The first-order valence-electron chi connectivity index (χ1n) is 5.73. The van der Waals surface area contributed by atoms with Crippen molar-refractivity contribution >= 4 is 5.97 Å². The minimum Gasteiger partial charge on any atom is -0.436 e. The van der Waals surface area contributed by atoms with Gasteiger partial charge in [0.25, 0.3) is 0 Å². The Morgan fingerprint density at radius 3 is 2.44 bits per heavy atom. The highest BCUT2D eigenvalue weighted by Gasteiger charge is 2.29. The Bertz CT molecular complexity index is 388. The lowest BCUT2D eigenvalue weighted by Crippen LogP contribution is -2.22. The highest BCUT2D eigenvalue weighted by molar-refractivity contribution is 5.71. The quantitative estimate of drug-likeness (QED) is 0.710. The summed E-state index contributed by atoms with van der Waals surface area (Å²) in [6.45, 7) is 0. The predicted molar refractivity (Wildman–Crippen MR) is 57.8 cm³/mol. The summed E-state index contributed by atoms with van der Waals surface area (Å²) >= 11 is 0. The van der Waals surface area contributed by atoms with E-state index in [0.717, 1.165) is 12.8 Å². The molecule has 0 N–H and O–H groups in total. The molecule has 1 aliphatic heterocycles. The van der Waals surface area contributed by atoms with Crippen molar-refractivity contribution in [3.8, 4) is 0 Å². The van der Waals surface area contributed by atoms with Gasteiger partial charge in [-0.25, -0.2) is 0 Å². The number of esters is 1.